The summed E-state index contributed by atoms with van der Waals surface area (Å²) < 4.78 is 0. The van der Waals surface area contributed by atoms with Crippen LogP contribution in [0.5, 0.6) is 0 Å². The lowest BCUT2D eigenvalue weighted by molar-refractivity contribution is 1.07. The highest BCUT2D eigenvalue weighted by atomic mass is 32.3. The summed E-state index contributed by atoms with van der Waals surface area (Å²) in [6.07, 6.45) is 4.80. The summed E-state index contributed by atoms with van der Waals surface area (Å²) in [6.45, 7) is 0. The van der Waals surface area contributed by atoms with Crippen LogP contribution in [0.3, 0.4) is 0 Å². The van der Waals surface area contributed by atoms with Crippen LogP contribution < -0.4 is 0 Å². The van der Waals surface area contributed by atoms with E-state index in [1.807, 2.05) is 60.7 Å². The van der Waals surface area contributed by atoms with Crippen molar-refractivity contribution in [2.75, 3.05) is 12.5 Å². The van der Waals surface area contributed by atoms with Crippen LogP contribution >= 0.6 is 10.0 Å². The first-order chi connectivity index (χ1) is 19.1. The standard InChI is InChI=1S/C35H27N3S/c1-39(2)31-20-12-11-18-28(31)29-22-21-26(23-32(29)39)27-17-9-10-19-30(27)35-37-33(24-13-5-3-6-14-24)36-34(38-35)25-15-7-4-8-16-25/h3-23H,1-2H3. The number of benzene rings is 5. The highest BCUT2D eigenvalue weighted by Crippen LogP contribution is 2.67. The molecule has 5 aromatic carbocycles. The Morgan fingerprint density at radius 1 is 0.385 bits per heavy atom. The zero-order valence-corrected chi connectivity index (χ0v) is 22.7. The summed E-state index contributed by atoms with van der Waals surface area (Å²) in [5.41, 5.74) is 7.95. The minimum Gasteiger partial charge on any atom is -0.208 e. The molecule has 2 heterocycles. The molecule has 4 heteroatoms. The molecule has 0 unspecified atom stereocenters. The third kappa shape index (κ3) is 4.05. The van der Waals surface area contributed by atoms with Gasteiger partial charge in [0.2, 0.25) is 0 Å². The number of hydrogen-bond donors (Lipinski definition) is 0. The molecule has 0 spiro atoms. The predicted molar refractivity (Wildman–Crippen MR) is 163 cm³/mol. The highest BCUT2D eigenvalue weighted by molar-refractivity contribution is 8.33. The predicted octanol–water partition coefficient (Wildman–Crippen LogP) is 9.00. The molecule has 1 aromatic heterocycles. The van der Waals surface area contributed by atoms with Gasteiger partial charge in [-0.2, -0.15) is 10.0 Å². The maximum absolute atomic E-state index is 5.00. The van der Waals surface area contributed by atoms with E-state index in [-0.39, 0.29) is 0 Å². The first-order valence-corrected chi connectivity index (χ1v) is 15.5. The molecule has 6 aromatic rings. The topological polar surface area (TPSA) is 38.7 Å². The Hall–Kier alpha value is -4.54. The van der Waals surface area contributed by atoms with Crippen molar-refractivity contribution in [3.05, 3.63) is 127 Å². The minimum atomic E-state index is -1.10. The average Bonchev–Trinajstić information content (AvgIpc) is 3.24. The first kappa shape index (κ1) is 23.6. The SMILES string of the molecule is CS1(C)c2ccccc2-c2ccc(-c3ccccc3-c3nc(-c4ccccc4)nc(-c4ccccc4)n3)cc21. The van der Waals surface area contributed by atoms with Gasteiger partial charge in [-0.25, -0.2) is 15.0 Å². The van der Waals surface area contributed by atoms with E-state index in [1.54, 1.807) is 0 Å². The molecule has 3 nitrogen and oxygen atoms in total. The summed E-state index contributed by atoms with van der Waals surface area (Å²) in [5.74, 6) is 2.02. The van der Waals surface area contributed by atoms with E-state index < -0.39 is 10.0 Å². The van der Waals surface area contributed by atoms with Crippen LogP contribution in [0, 0.1) is 0 Å². The van der Waals surface area contributed by atoms with Crippen molar-refractivity contribution < 1.29 is 0 Å². The molecule has 7 rings (SSSR count). The molecule has 1 aliphatic rings. The third-order valence-corrected chi connectivity index (χ3v) is 10.3. The van der Waals surface area contributed by atoms with E-state index >= 15 is 0 Å². The maximum atomic E-state index is 5.00. The highest BCUT2D eigenvalue weighted by Gasteiger charge is 2.31. The van der Waals surface area contributed by atoms with Crippen LogP contribution in [0.1, 0.15) is 0 Å². The zero-order chi connectivity index (χ0) is 26.4. The number of aromatic nitrogens is 3. The summed E-state index contributed by atoms with van der Waals surface area (Å²) in [6, 6.07) is 44.5. The van der Waals surface area contributed by atoms with Gasteiger partial charge in [-0.1, -0.05) is 115 Å². The lowest BCUT2D eigenvalue weighted by Gasteiger charge is -2.28. The monoisotopic (exact) mass is 521 g/mol. The molecule has 0 N–H and O–H groups in total. The number of fused-ring (bicyclic) bond motifs is 3. The Bertz CT molecular complexity index is 1770. The van der Waals surface area contributed by atoms with E-state index in [1.165, 1.54) is 26.5 Å². The van der Waals surface area contributed by atoms with Crippen molar-refractivity contribution in [3.63, 3.8) is 0 Å². The van der Waals surface area contributed by atoms with Crippen molar-refractivity contribution >= 4 is 10.0 Å². The van der Waals surface area contributed by atoms with Gasteiger partial charge in [-0.3, -0.25) is 0 Å². The molecule has 0 saturated carbocycles. The number of nitrogens with zero attached hydrogens (tertiary/aromatic N) is 3. The van der Waals surface area contributed by atoms with Gasteiger partial charge in [0.25, 0.3) is 0 Å². The Labute approximate surface area is 230 Å². The molecule has 0 bridgehead atoms. The molecule has 0 fully saturated rings. The molecule has 0 aliphatic carbocycles. The lowest BCUT2D eigenvalue weighted by Crippen LogP contribution is -2.01. The molecule has 1 aliphatic heterocycles. The van der Waals surface area contributed by atoms with E-state index in [0.29, 0.717) is 17.5 Å². The summed E-state index contributed by atoms with van der Waals surface area (Å²) >= 11 is 0. The molecule has 0 radical (unpaired) electrons. The van der Waals surface area contributed by atoms with Gasteiger partial charge in [0.05, 0.1) is 0 Å². The zero-order valence-electron chi connectivity index (χ0n) is 21.9. The van der Waals surface area contributed by atoms with Gasteiger partial charge >= 0.3 is 0 Å². The second kappa shape index (κ2) is 9.33. The fourth-order valence-electron chi connectivity index (χ4n) is 5.45. The molecular formula is C35H27N3S. The molecule has 39 heavy (non-hydrogen) atoms. The second-order valence-electron chi connectivity index (χ2n) is 10.1. The first-order valence-electron chi connectivity index (χ1n) is 13.0. The average molecular weight is 522 g/mol. The van der Waals surface area contributed by atoms with Gasteiger partial charge in [-0.05, 0) is 46.9 Å². The van der Waals surface area contributed by atoms with E-state index in [0.717, 1.165) is 22.3 Å². The fourth-order valence-corrected chi connectivity index (χ4v) is 7.98. The summed E-state index contributed by atoms with van der Waals surface area (Å²) in [5, 5.41) is 0. The molecule has 188 valence electrons. The lowest BCUT2D eigenvalue weighted by atomic mass is 9.96. The van der Waals surface area contributed by atoms with Crippen molar-refractivity contribution in [1.82, 2.24) is 15.0 Å². The van der Waals surface area contributed by atoms with Crippen LogP contribution in [0.25, 0.3) is 56.4 Å². The summed E-state index contributed by atoms with van der Waals surface area (Å²) in [7, 11) is -1.10. The third-order valence-electron chi connectivity index (χ3n) is 7.44. The van der Waals surface area contributed by atoms with Crippen molar-refractivity contribution in [2.24, 2.45) is 0 Å². The number of hydrogen-bond acceptors (Lipinski definition) is 3. The van der Waals surface area contributed by atoms with Gasteiger partial charge in [0.1, 0.15) is 0 Å². The van der Waals surface area contributed by atoms with E-state index in [2.05, 4.69) is 79.2 Å². The quantitative estimate of drug-likeness (QED) is 0.232. The van der Waals surface area contributed by atoms with Crippen LogP contribution in [0.15, 0.2) is 137 Å². The normalized spacial score (nSPS) is 13.9. The number of rotatable bonds is 4. The molecule has 0 atom stereocenters. The largest absolute Gasteiger partial charge is 0.208 e. The van der Waals surface area contributed by atoms with Crippen molar-refractivity contribution in [3.8, 4) is 56.4 Å². The Morgan fingerprint density at radius 2 is 0.872 bits per heavy atom. The van der Waals surface area contributed by atoms with Crippen LogP contribution in [0.2, 0.25) is 0 Å². The Kier molecular flexibility index (Phi) is 5.64. The fraction of sp³-hybridized carbons (Fsp3) is 0.0571. The van der Waals surface area contributed by atoms with Gasteiger partial charge in [0, 0.05) is 26.5 Å². The second-order valence-corrected chi connectivity index (χ2v) is 13.7. The van der Waals surface area contributed by atoms with Crippen molar-refractivity contribution in [2.45, 2.75) is 9.79 Å². The Morgan fingerprint density at radius 3 is 1.51 bits per heavy atom. The van der Waals surface area contributed by atoms with Gasteiger partial charge < -0.3 is 0 Å². The molecular weight excluding hydrogens is 494 g/mol. The van der Waals surface area contributed by atoms with Crippen molar-refractivity contribution in [1.29, 1.82) is 0 Å². The van der Waals surface area contributed by atoms with E-state index in [9.17, 15) is 0 Å². The van der Waals surface area contributed by atoms with Crippen LogP contribution in [-0.4, -0.2) is 27.5 Å². The van der Waals surface area contributed by atoms with Gasteiger partial charge in [0.15, 0.2) is 17.5 Å². The van der Waals surface area contributed by atoms with Gasteiger partial charge in [-0.15, -0.1) is 0 Å². The summed E-state index contributed by atoms with van der Waals surface area (Å²) in [4.78, 5) is 17.8. The smallest absolute Gasteiger partial charge is 0.164 e. The van der Waals surface area contributed by atoms with E-state index in [4.69, 9.17) is 15.0 Å². The molecule has 0 amide bonds. The maximum Gasteiger partial charge on any atom is 0.164 e. The van der Waals surface area contributed by atoms with Crippen LogP contribution in [0.4, 0.5) is 0 Å². The van der Waals surface area contributed by atoms with Crippen LogP contribution in [-0.2, 0) is 0 Å². The molecule has 0 saturated heterocycles. The minimum absolute atomic E-state index is 0.671. The Balaban J connectivity index is 1.41.